The van der Waals surface area contributed by atoms with Crippen molar-refractivity contribution in [2.24, 2.45) is 17.8 Å². The fourth-order valence-corrected chi connectivity index (χ4v) is 9.95. The molecule has 0 saturated carbocycles. The quantitative estimate of drug-likeness (QED) is 0.0430. The van der Waals surface area contributed by atoms with Gasteiger partial charge in [-0.05, 0) is 137 Å². The van der Waals surface area contributed by atoms with E-state index < -0.39 is 94.1 Å². The maximum absolute atomic E-state index is 14.4. The van der Waals surface area contributed by atoms with Crippen LogP contribution in [0.15, 0.2) is 29.0 Å². The van der Waals surface area contributed by atoms with E-state index in [-0.39, 0.29) is 74.3 Å². The highest BCUT2D eigenvalue weighted by Crippen LogP contribution is 2.24. The minimum atomic E-state index is -1.65. The fourth-order valence-electron chi connectivity index (χ4n) is 9.95. The number of fused-ring (bicyclic) bond motifs is 1. The molecular weight excluding hydrogens is 1080 g/mol. The molecule has 1 aromatic carbocycles. The van der Waals surface area contributed by atoms with E-state index in [4.69, 9.17) is 4.42 Å². The van der Waals surface area contributed by atoms with E-state index in [9.17, 15) is 47.9 Å². The predicted octanol–water partition coefficient (Wildman–Crippen LogP) is 4.52. The summed E-state index contributed by atoms with van der Waals surface area (Å²) in [5.41, 5.74) is -3.30. The number of likely N-dealkylation sites (tertiary alicyclic amines) is 1. The normalized spacial score (nSPS) is 15.7. The summed E-state index contributed by atoms with van der Waals surface area (Å²) in [5, 5.41) is 25.2. The number of hydrogen-bond donors (Lipinski definition) is 9. The van der Waals surface area contributed by atoms with Crippen LogP contribution in [0.3, 0.4) is 0 Å². The molecular formula is C61H102N12O11. The number of likely N-dealkylation sites (N-methyl/N-ethyl adjacent to an activating group) is 1. The van der Waals surface area contributed by atoms with Crippen molar-refractivity contribution in [1.29, 1.82) is 0 Å². The minimum Gasteiger partial charge on any atom is -0.443 e. The Morgan fingerprint density at radius 3 is 1.71 bits per heavy atom. The number of rotatable bonds is 35. The first-order valence-electron chi connectivity index (χ1n) is 30.2. The number of nitrogens with one attached hydrogen (secondary N) is 9. The van der Waals surface area contributed by atoms with Crippen molar-refractivity contribution in [3.8, 4) is 0 Å². The smallest absolute Gasteiger partial charge is 0.254 e. The van der Waals surface area contributed by atoms with Crippen LogP contribution in [-0.2, 0) is 43.2 Å². The van der Waals surface area contributed by atoms with Gasteiger partial charge in [0.2, 0.25) is 53.2 Å². The molecule has 1 aromatic heterocycles. The fraction of sp³-hybridized carbons (Fsp3) is 0.721. The second kappa shape index (κ2) is 33.2. The molecule has 2 aromatic rings. The summed E-state index contributed by atoms with van der Waals surface area (Å²) in [6.07, 6.45) is 8.61. The van der Waals surface area contributed by atoms with E-state index in [1.807, 2.05) is 67.5 Å². The number of hydrogen-bond acceptors (Lipinski definition) is 13. The highest BCUT2D eigenvalue weighted by molar-refractivity contribution is 6.02. The molecule has 0 unspecified atom stereocenters. The van der Waals surface area contributed by atoms with E-state index in [0.717, 1.165) is 32.1 Å². The number of aromatic nitrogens is 1. The average Bonchev–Trinajstić information content (AvgIpc) is 4.21. The maximum Gasteiger partial charge on any atom is 0.254 e. The lowest BCUT2D eigenvalue weighted by Gasteiger charge is -2.34. The van der Waals surface area contributed by atoms with Gasteiger partial charge in [0.1, 0.15) is 52.3 Å². The van der Waals surface area contributed by atoms with Crippen molar-refractivity contribution in [3.63, 3.8) is 0 Å². The lowest BCUT2D eigenvalue weighted by molar-refractivity contribution is -0.139. The molecule has 0 spiro atoms. The molecule has 1 aliphatic heterocycles. The van der Waals surface area contributed by atoms with Crippen LogP contribution in [0.1, 0.15) is 191 Å². The van der Waals surface area contributed by atoms with Crippen molar-refractivity contribution in [1.82, 2.24) is 62.6 Å². The van der Waals surface area contributed by atoms with E-state index >= 15 is 0 Å². The molecule has 1 aliphatic rings. The van der Waals surface area contributed by atoms with Crippen molar-refractivity contribution in [2.75, 3.05) is 33.7 Å². The van der Waals surface area contributed by atoms with E-state index in [2.05, 4.69) is 59.8 Å². The Morgan fingerprint density at radius 1 is 0.631 bits per heavy atom. The van der Waals surface area contributed by atoms with Gasteiger partial charge in [0.15, 0.2) is 12.0 Å². The molecule has 10 amide bonds. The van der Waals surface area contributed by atoms with Crippen LogP contribution >= 0.6 is 0 Å². The molecule has 2 heterocycles. The standard InChI is InChI=1S/C61H102N12O11/c1-17-18-19-20-21-22-24-42(65-54(79)47-25-23-30-73(47)55(80)41-26-27-48-43(34-41)63-36-84-48)50(75)66-45(32-38(4)5)52(77)69-60(11,12)57(82)68-44(31-37(2)3)51(76)67-46(33-39(6)7)53(78)70-61(13,14)58(83)71-59(9,10)56(81)62-29-28-49(74)64-40(8)35-72(15)16/h26-27,34,36-40,42,44-47H,17-25,28-33,35H2,1-16H3,(H,62,81)(H,64,74)(H,65,79)(H,66,75)(H,67,76)(H,68,82)(H,69,77)(H,70,78)(H,71,83)/t40-,42-,44-,45-,46-,47-/m0/s1. The summed E-state index contributed by atoms with van der Waals surface area (Å²) in [6, 6.07) is -0.570. The first kappa shape index (κ1) is 71.6. The molecule has 23 heteroatoms. The molecule has 0 radical (unpaired) electrons. The van der Waals surface area contributed by atoms with E-state index in [0.29, 0.717) is 49.0 Å². The number of benzene rings is 1. The SMILES string of the molecule is CCCCCCCC[C@H](NC(=O)[C@@H]1CCCN1C(=O)c1ccc2ocnc2c1)C(=O)N[C@@H](CC(C)C)C(=O)NC(C)(C)C(=O)N[C@@H](CC(C)C)C(=O)N[C@@H](CC(C)C)C(=O)NC(C)(C)C(=O)NC(C)(C)C(=O)NCCC(=O)N[C@@H](C)CN(C)C. The van der Waals surface area contributed by atoms with Gasteiger partial charge >= 0.3 is 0 Å². The molecule has 6 atom stereocenters. The second-order valence-electron chi connectivity index (χ2n) is 25.9. The lowest BCUT2D eigenvalue weighted by atomic mass is 9.96. The minimum absolute atomic E-state index is 0.0260. The average molecular weight is 1180 g/mol. The molecule has 0 bridgehead atoms. The number of carbonyl (C=O) groups is 10. The molecule has 84 heavy (non-hydrogen) atoms. The summed E-state index contributed by atoms with van der Waals surface area (Å²) in [4.78, 5) is 146. The molecule has 1 saturated heterocycles. The number of oxazole rings is 1. The maximum atomic E-state index is 14.4. The zero-order valence-electron chi connectivity index (χ0n) is 53.2. The van der Waals surface area contributed by atoms with Crippen molar-refractivity contribution >= 4 is 70.2 Å². The van der Waals surface area contributed by atoms with Crippen LogP contribution in [0.5, 0.6) is 0 Å². The van der Waals surface area contributed by atoms with Crippen LogP contribution < -0.4 is 47.9 Å². The lowest BCUT2D eigenvalue weighted by Crippen LogP contribution is -2.65. The van der Waals surface area contributed by atoms with E-state index in [1.165, 1.54) is 52.8 Å². The zero-order chi connectivity index (χ0) is 63.3. The third-order valence-corrected chi connectivity index (χ3v) is 14.6. The largest absolute Gasteiger partial charge is 0.443 e. The highest BCUT2D eigenvalue weighted by Gasteiger charge is 2.41. The second-order valence-corrected chi connectivity index (χ2v) is 25.9. The first-order valence-corrected chi connectivity index (χ1v) is 30.2. The summed E-state index contributed by atoms with van der Waals surface area (Å²) >= 11 is 0. The number of nitrogens with zero attached hydrogens (tertiary/aromatic N) is 3. The van der Waals surface area contributed by atoms with Gasteiger partial charge in [-0.1, -0.05) is 87.0 Å². The van der Waals surface area contributed by atoms with Crippen molar-refractivity contribution in [3.05, 3.63) is 30.2 Å². The van der Waals surface area contributed by atoms with Crippen LogP contribution in [-0.4, -0.2) is 160 Å². The summed E-state index contributed by atoms with van der Waals surface area (Å²) in [7, 11) is 3.79. The number of amides is 10. The molecule has 3 rings (SSSR count). The van der Waals surface area contributed by atoms with Gasteiger partial charge in [-0.2, -0.15) is 0 Å². The van der Waals surface area contributed by atoms with Gasteiger partial charge in [0.05, 0.1) is 0 Å². The van der Waals surface area contributed by atoms with Gasteiger partial charge in [-0.15, -0.1) is 0 Å². The Balaban J connectivity index is 1.74. The summed E-state index contributed by atoms with van der Waals surface area (Å²) < 4.78 is 5.34. The Labute approximate surface area is 498 Å². The third-order valence-electron chi connectivity index (χ3n) is 14.6. The topological polar surface area (TPSA) is 311 Å². The van der Waals surface area contributed by atoms with Crippen molar-refractivity contribution < 1.29 is 52.4 Å². The monoisotopic (exact) mass is 1180 g/mol. The Kier molecular flexibility index (Phi) is 28.3. The Morgan fingerprint density at radius 2 is 1.15 bits per heavy atom. The van der Waals surface area contributed by atoms with Crippen LogP contribution in [0.25, 0.3) is 11.1 Å². The molecule has 9 N–H and O–H groups in total. The van der Waals surface area contributed by atoms with Gasteiger partial charge in [0, 0.05) is 37.7 Å². The molecule has 1 fully saturated rings. The van der Waals surface area contributed by atoms with Gasteiger partial charge in [-0.3, -0.25) is 47.9 Å². The number of carbonyl (C=O) groups excluding carboxylic acids is 10. The van der Waals surface area contributed by atoms with Gasteiger partial charge in [-0.25, -0.2) is 4.98 Å². The van der Waals surface area contributed by atoms with E-state index in [1.54, 1.807) is 18.2 Å². The molecule has 23 nitrogen and oxygen atoms in total. The zero-order valence-corrected chi connectivity index (χ0v) is 53.2. The predicted molar refractivity (Wildman–Crippen MR) is 323 cm³/mol. The van der Waals surface area contributed by atoms with Crippen LogP contribution in [0, 0.1) is 17.8 Å². The number of unbranched alkanes of at least 4 members (excludes halogenated alkanes) is 5. The van der Waals surface area contributed by atoms with Gasteiger partial charge < -0.3 is 62.1 Å². The molecule has 472 valence electrons. The van der Waals surface area contributed by atoms with Crippen LogP contribution in [0.2, 0.25) is 0 Å². The van der Waals surface area contributed by atoms with Gasteiger partial charge in [0.25, 0.3) is 5.91 Å². The Hall–Kier alpha value is -6.65. The molecule has 0 aliphatic carbocycles. The third kappa shape index (κ3) is 23.4. The van der Waals surface area contributed by atoms with Crippen molar-refractivity contribution in [2.45, 2.75) is 233 Å². The highest BCUT2D eigenvalue weighted by atomic mass is 16.3. The Bertz CT molecular complexity index is 2560. The summed E-state index contributed by atoms with van der Waals surface area (Å²) in [6.45, 7) is 25.1. The van der Waals surface area contributed by atoms with Crippen LogP contribution in [0.4, 0.5) is 0 Å². The first-order chi connectivity index (χ1) is 39.2. The summed E-state index contributed by atoms with van der Waals surface area (Å²) in [5.74, 6) is -5.99.